The van der Waals surface area contributed by atoms with Crippen molar-refractivity contribution in [2.45, 2.75) is 51.5 Å². The van der Waals surface area contributed by atoms with Crippen LogP contribution in [0.15, 0.2) is 64.0 Å². The van der Waals surface area contributed by atoms with Crippen molar-refractivity contribution in [3.05, 3.63) is 81.3 Å². The molecule has 0 saturated carbocycles. The molecule has 3 aromatic carbocycles. The number of benzene rings is 3. The van der Waals surface area contributed by atoms with Gasteiger partial charge in [-0.2, -0.15) is 0 Å². The Morgan fingerprint density at radius 1 is 0.921 bits per heavy atom. The van der Waals surface area contributed by atoms with Gasteiger partial charge in [0.1, 0.15) is 18.0 Å². The van der Waals surface area contributed by atoms with Crippen molar-refractivity contribution in [3.63, 3.8) is 0 Å². The summed E-state index contributed by atoms with van der Waals surface area (Å²) in [5.74, 6) is 1.13. The highest BCUT2D eigenvalue weighted by Crippen LogP contribution is 2.33. The van der Waals surface area contributed by atoms with E-state index in [-0.39, 0.29) is 23.4 Å². The maximum absolute atomic E-state index is 13.8. The van der Waals surface area contributed by atoms with E-state index in [1.54, 1.807) is 25.3 Å². The van der Waals surface area contributed by atoms with Gasteiger partial charge in [0, 0.05) is 0 Å². The number of aryl methyl sites for hydroxylation is 2. The van der Waals surface area contributed by atoms with Crippen molar-refractivity contribution in [3.8, 4) is 11.5 Å². The van der Waals surface area contributed by atoms with E-state index in [4.69, 9.17) is 9.47 Å². The van der Waals surface area contributed by atoms with Crippen molar-refractivity contribution < 1.29 is 22.7 Å². The maximum atomic E-state index is 13.8. The van der Waals surface area contributed by atoms with Crippen molar-refractivity contribution in [2.75, 3.05) is 25.1 Å². The normalized spacial score (nSPS) is 12.2. The SMILES string of the molecule is COc1ccc(S(=O)(=O)N(CC(=O)N[C@H](C)c2cc(C(C)C)c(OC)cc2C)c2ccc(C)cc2)cc1Br. The molecule has 0 aliphatic carbocycles. The van der Waals surface area contributed by atoms with Crippen LogP contribution in [0.1, 0.15) is 55.0 Å². The average Bonchev–Trinajstić information content (AvgIpc) is 2.87. The number of halogens is 1. The van der Waals surface area contributed by atoms with Crippen molar-refractivity contribution in [2.24, 2.45) is 0 Å². The molecular weight excluding hydrogens is 568 g/mol. The Labute approximate surface area is 234 Å². The number of rotatable bonds is 10. The minimum atomic E-state index is -4.07. The Kier molecular flexibility index (Phi) is 9.49. The van der Waals surface area contributed by atoms with E-state index in [1.807, 2.05) is 45.0 Å². The molecule has 3 aromatic rings. The predicted molar refractivity (Wildman–Crippen MR) is 155 cm³/mol. The molecule has 0 spiro atoms. The lowest BCUT2D eigenvalue weighted by Crippen LogP contribution is -2.41. The summed E-state index contributed by atoms with van der Waals surface area (Å²) in [6.07, 6.45) is 0. The number of nitrogens with one attached hydrogen (secondary N) is 1. The highest BCUT2D eigenvalue weighted by Gasteiger charge is 2.29. The van der Waals surface area contributed by atoms with Crippen LogP contribution in [0.3, 0.4) is 0 Å². The quantitative estimate of drug-likeness (QED) is 0.295. The fraction of sp³-hybridized carbons (Fsp3) is 0.345. The van der Waals surface area contributed by atoms with Gasteiger partial charge in [0.25, 0.3) is 10.0 Å². The lowest BCUT2D eigenvalue weighted by atomic mass is 9.93. The highest BCUT2D eigenvalue weighted by atomic mass is 79.9. The second-order valence-corrected chi connectivity index (χ2v) is 12.3. The standard InChI is InChI=1S/C29H35BrN2O5S/c1-18(2)24-16-25(20(4)14-28(24)37-7)21(5)31-29(33)17-32(22-10-8-19(3)9-11-22)38(34,35)23-12-13-27(36-6)26(30)15-23/h8-16,18,21H,17H2,1-7H3,(H,31,33)/t21-/m1/s1. The maximum Gasteiger partial charge on any atom is 0.264 e. The van der Waals surface area contributed by atoms with Gasteiger partial charge in [-0.15, -0.1) is 0 Å². The molecule has 0 saturated heterocycles. The molecule has 0 unspecified atom stereocenters. The van der Waals surface area contributed by atoms with Crippen LogP contribution < -0.4 is 19.1 Å². The number of carbonyl (C=O) groups is 1. The van der Waals surface area contributed by atoms with E-state index in [0.29, 0.717) is 15.9 Å². The summed E-state index contributed by atoms with van der Waals surface area (Å²) in [6, 6.07) is 15.2. The van der Waals surface area contributed by atoms with E-state index >= 15 is 0 Å². The smallest absolute Gasteiger partial charge is 0.264 e. The molecule has 0 fully saturated rings. The fourth-order valence-corrected chi connectivity index (χ4v) is 6.41. The third-order valence-electron chi connectivity index (χ3n) is 6.40. The van der Waals surface area contributed by atoms with Gasteiger partial charge in [0.15, 0.2) is 0 Å². The topological polar surface area (TPSA) is 84.9 Å². The first-order valence-electron chi connectivity index (χ1n) is 12.3. The van der Waals surface area contributed by atoms with Crippen molar-refractivity contribution >= 4 is 37.5 Å². The lowest BCUT2D eigenvalue weighted by Gasteiger charge is -2.26. The van der Waals surface area contributed by atoms with Crippen LogP contribution >= 0.6 is 15.9 Å². The lowest BCUT2D eigenvalue weighted by molar-refractivity contribution is -0.120. The molecule has 7 nitrogen and oxygen atoms in total. The Morgan fingerprint density at radius 2 is 1.55 bits per heavy atom. The van der Waals surface area contributed by atoms with Crippen molar-refractivity contribution in [1.82, 2.24) is 5.32 Å². The van der Waals surface area contributed by atoms with Crippen LogP contribution in [0.2, 0.25) is 0 Å². The van der Waals surface area contributed by atoms with E-state index in [2.05, 4.69) is 35.1 Å². The molecule has 0 aromatic heterocycles. The van der Waals surface area contributed by atoms with E-state index < -0.39 is 15.9 Å². The molecule has 0 aliphatic rings. The number of ether oxygens (including phenoxy) is 2. The van der Waals surface area contributed by atoms with Crippen LogP contribution in [0.4, 0.5) is 5.69 Å². The summed E-state index contributed by atoms with van der Waals surface area (Å²) in [5, 5.41) is 2.99. The van der Waals surface area contributed by atoms with E-state index in [0.717, 1.165) is 32.3 Å². The Balaban J connectivity index is 1.94. The van der Waals surface area contributed by atoms with Gasteiger partial charge in [0.2, 0.25) is 5.91 Å². The van der Waals surface area contributed by atoms with Crippen molar-refractivity contribution in [1.29, 1.82) is 0 Å². The molecule has 1 N–H and O–H groups in total. The number of methoxy groups -OCH3 is 2. The number of hydrogen-bond acceptors (Lipinski definition) is 5. The summed E-state index contributed by atoms with van der Waals surface area (Å²) in [4.78, 5) is 13.3. The molecule has 0 radical (unpaired) electrons. The third kappa shape index (κ3) is 6.50. The highest BCUT2D eigenvalue weighted by molar-refractivity contribution is 9.10. The van der Waals surface area contributed by atoms with Crippen LogP contribution in [0.25, 0.3) is 0 Å². The zero-order valence-corrected chi connectivity index (χ0v) is 25.2. The second-order valence-electron chi connectivity index (χ2n) is 9.54. The van der Waals surface area contributed by atoms with Gasteiger partial charge in [-0.1, -0.05) is 31.5 Å². The largest absolute Gasteiger partial charge is 0.496 e. The first-order chi connectivity index (χ1) is 17.9. The van der Waals surface area contributed by atoms with Gasteiger partial charge in [-0.25, -0.2) is 8.42 Å². The number of carbonyl (C=O) groups excluding carboxylic acids is 1. The predicted octanol–water partition coefficient (Wildman–Crippen LogP) is 6.28. The summed E-state index contributed by atoms with van der Waals surface area (Å²) < 4.78 is 40.0. The molecule has 1 atom stereocenters. The van der Waals surface area contributed by atoms with E-state index in [1.165, 1.54) is 19.2 Å². The molecule has 1 amide bonds. The number of sulfonamides is 1. The van der Waals surface area contributed by atoms with Crippen LogP contribution in [0, 0.1) is 13.8 Å². The average molecular weight is 604 g/mol. The van der Waals surface area contributed by atoms with Crippen LogP contribution in [0.5, 0.6) is 11.5 Å². The van der Waals surface area contributed by atoms with Gasteiger partial charge in [-0.3, -0.25) is 9.10 Å². The van der Waals surface area contributed by atoms with Gasteiger partial charge >= 0.3 is 0 Å². The minimum absolute atomic E-state index is 0.0409. The first kappa shape index (κ1) is 29.5. The first-order valence-corrected chi connectivity index (χ1v) is 14.5. The molecule has 0 heterocycles. The molecule has 9 heteroatoms. The molecule has 0 aliphatic heterocycles. The Morgan fingerprint density at radius 3 is 2.11 bits per heavy atom. The third-order valence-corrected chi connectivity index (χ3v) is 8.79. The second kappa shape index (κ2) is 12.2. The monoisotopic (exact) mass is 602 g/mol. The molecule has 204 valence electrons. The molecule has 38 heavy (non-hydrogen) atoms. The summed E-state index contributed by atoms with van der Waals surface area (Å²) in [7, 11) is -0.922. The summed E-state index contributed by atoms with van der Waals surface area (Å²) in [5.41, 5.74) is 4.35. The number of anilines is 1. The molecule has 3 rings (SSSR count). The number of hydrogen-bond donors (Lipinski definition) is 1. The van der Waals surface area contributed by atoms with Gasteiger partial charge < -0.3 is 14.8 Å². The zero-order chi connectivity index (χ0) is 28.2. The Hall–Kier alpha value is -3.04. The summed E-state index contributed by atoms with van der Waals surface area (Å²) >= 11 is 3.36. The minimum Gasteiger partial charge on any atom is -0.496 e. The zero-order valence-electron chi connectivity index (χ0n) is 22.8. The molecule has 0 bridgehead atoms. The number of amides is 1. The van der Waals surface area contributed by atoms with Crippen LogP contribution in [-0.2, 0) is 14.8 Å². The fourth-order valence-electron chi connectivity index (χ4n) is 4.27. The summed E-state index contributed by atoms with van der Waals surface area (Å²) in [6.45, 7) is 9.56. The Bertz CT molecular complexity index is 1410. The van der Waals surface area contributed by atoms with Crippen LogP contribution in [-0.4, -0.2) is 35.1 Å². The van der Waals surface area contributed by atoms with Gasteiger partial charge in [0.05, 0.1) is 35.3 Å². The van der Waals surface area contributed by atoms with Gasteiger partial charge in [-0.05, 0) is 102 Å². The van der Waals surface area contributed by atoms with E-state index in [9.17, 15) is 13.2 Å². The molecular formula is C29H35BrN2O5S. The number of nitrogens with zero attached hydrogens (tertiary/aromatic N) is 1.